The molecule has 3 heteroatoms. The third-order valence-corrected chi connectivity index (χ3v) is 3.47. The molecule has 17 heavy (non-hydrogen) atoms. The Hall–Kier alpha value is -0.570. The van der Waals surface area contributed by atoms with Crippen molar-refractivity contribution in [3.05, 3.63) is 0 Å². The van der Waals surface area contributed by atoms with Gasteiger partial charge in [-0.3, -0.25) is 0 Å². The van der Waals surface area contributed by atoms with Crippen LogP contribution in [0.5, 0.6) is 0 Å². The molecule has 0 aromatic carbocycles. The lowest BCUT2D eigenvalue weighted by atomic mass is 10.2. The first-order valence-corrected chi connectivity index (χ1v) is 6.94. The van der Waals surface area contributed by atoms with Gasteiger partial charge in [0.1, 0.15) is 0 Å². The van der Waals surface area contributed by atoms with Crippen molar-refractivity contribution in [3.8, 4) is 0 Å². The maximum atomic E-state index is 9.59. The van der Waals surface area contributed by atoms with Crippen molar-refractivity contribution >= 4 is 5.97 Å². The highest BCUT2D eigenvalue weighted by atomic mass is 16.4. The van der Waals surface area contributed by atoms with E-state index in [2.05, 4.69) is 27.7 Å². The molecule has 0 aliphatic rings. The van der Waals surface area contributed by atoms with Crippen LogP contribution in [0.1, 0.15) is 54.4 Å². The molecule has 0 amide bonds. The smallest absolute Gasteiger partial charge is 0.0786 e. The number of carboxylic acid groups (broad SMARTS) is 1. The summed E-state index contributed by atoms with van der Waals surface area (Å²) in [7, 11) is 0. The summed E-state index contributed by atoms with van der Waals surface area (Å²) in [6, 6.07) is 0. The van der Waals surface area contributed by atoms with Crippen LogP contribution in [-0.4, -0.2) is 36.6 Å². The number of rotatable bonds is 7. The molecule has 0 saturated carbocycles. The number of carbonyl (C=O) groups is 1. The summed E-state index contributed by atoms with van der Waals surface area (Å²) in [5.41, 5.74) is 0. The van der Waals surface area contributed by atoms with Crippen molar-refractivity contribution < 1.29 is 14.4 Å². The quantitative estimate of drug-likeness (QED) is 0.644. The highest BCUT2D eigenvalue weighted by Crippen LogP contribution is 2.07. The van der Waals surface area contributed by atoms with Crippen molar-refractivity contribution in [3.63, 3.8) is 0 Å². The molecule has 0 fully saturated rings. The van der Waals surface area contributed by atoms with Crippen molar-refractivity contribution in [1.29, 1.82) is 0 Å². The first-order chi connectivity index (χ1) is 7.89. The molecule has 0 radical (unpaired) electrons. The summed E-state index contributed by atoms with van der Waals surface area (Å²) in [5, 5.41) is 9.59. The lowest BCUT2D eigenvalue weighted by Crippen LogP contribution is -2.48. The maximum absolute atomic E-state index is 9.59. The molecule has 0 spiro atoms. The van der Waals surface area contributed by atoms with E-state index < -0.39 is 5.97 Å². The monoisotopic (exact) mass is 245 g/mol. The van der Waals surface area contributed by atoms with Crippen LogP contribution in [0.15, 0.2) is 0 Å². The van der Waals surface area contributed by atoms with Gasteiger partial charge in [0.25, 0.3) is 0 Å². The van der Waals surface area contributed by atoms with Gasteiger partial charge in [-0.25, -0.2) is 0 Å². The van der Waals surface area contributed by atoms with E-state index in [0.29, 0.717) is 0 Å². The molecule has 0 saturated heterocycles. The molecule has 0 bridgehead atoms. The number of carboxylic acids is 1. The van der Waals surface area contributed by atoms with Crippen LogP contribution in [0.3, 0.4) is 0 Å². The minimum atomic E-state index is -0.991. The lowest BCUT2D eigenvalue weighted by molar-refractivity contribution is -0.923. The van der Waals surface area contributed by atoms with Gasteiger partial charge in [0, 0.05) is 5.97 Å². The van der Waals surface area contributed by atoms with Crippen molar-refractivity contribution in [2.45, 2.75) is 54.4 Å². The number of carbonyl (C=O) groups excluding carboxylic acids is 1. The molecular formula is C14H31NO2. The van der Waals surface area contributed by atoms with Crippen LogP contribution in [0.2, 0.25) is 0 Å². The van der Waals surface area contributed by atoms with E-state index in [4.69, 9.17) is 0 Å². The zero-order valence-corrected chi connectivity index (χ0v) is 12.6. The second-order valence-corrected chi connectivity index (χ2v) is 4.84. The predicted molar refractivity (Wildman–Crippen MR) is 71.5 cm³/mol. The van der Waals surface area contributed by atoms with Crippen LogP contribution in [-0.2, 0) is 4.79 Å². The van der Waals surface area contributed by atoms with Crippen LogP contribution in [0.25, 0.3) is 0 Å². The van der Waals surface area contributed by atoms with E-state index in [9.17, 15) is 9.90 Å². The van der Waals surface area contributed by atoms with E-state index >= 15 is 0 Å². The fourth-order valence-corrected chi connectivity index (χ4v) is 1.64. The minimum absolute atomic E-state index is 0.343. The molecule has 0 atom stereocenters. The van der Waals surface area contributed by atoms with E-state index in [-0.39, 0.29) is 5.92 Å². The molecule has 0 heterocycles. The summed E-state index contributed by atoms with van der Waals surface area (Å²) >= 11 is 0. The standard InChI is InChI=1S/C10H24N.C4H8O2/c1-5-9-10-11(6-2,7-3)8-4;1-3(2)4(5)6/h5-10H2,1-4H3;3H,1-2H3,(H,5,6)/q+1;/p-1. The van der Waals surface area contributed by atoms with Crippen molar-refractivity contribution in [1.82, 2.24) is 0 Å². The normalized spacial score (nSPS) is 11.0. The Balaban J connectivity index is 0. The maximum Gasteiger partial charge on any atom is 0.0786 e. The molecule has 0 unspecified atom stereocenters. The molecule has 0 aliphatic carbocycles. The molecule has 0 aliphatic heterocycles. The van der Waals surface area contributed by atoms with Gasteiger partial charge >= 0.3 is 0 Å². The van der Waals surface area contributed by atoms with E-state index in [0.717, 1.165) is 0 Å². The summed E-state index contributed by atoms with van der Waals surface area (Å²) in [6.45, 7) is 17.6. The zero-order valence-electron chi connectivity index (χ0n) is 12.6. The molecule has 0 N–H and O–H groups in total. The highest BCUT2D eigenvalue weighted by molar-refractivity contribution is 5.66. The summed E-state index contributed by atoms with van der Waals surface area (Å²) in [4.78, 5) is 9.59. The second kappa shape index (κ2) is 10.6. The van der Waals surface area contributed by atoms with Gasteiger partial charge in [0.15, 0.2) is 0 Å². The number of hydrogen-bond donors (Lipinski definition) is 0. The first kappa shape index (κ1) is 18.8. The molecule has 3 nitrogen and oxygen atoms in total. The summed E-state index contributed by atoms with van der Waals surface area (Å²) < 4.78 is 1.31. The summed E-state index contributed by atoms with van der Waals surface area (Å²) in [5.74, 6) is -1.33. The molecule has 0 aromatic rings. The van der Waals surface area contributed by atoms with Gasteiger partial charge in [-0.1, -0.05) is 27.2 Å². The topological polar surface area (TPSA) is 40.1 Å². The Morgan fingerprint density at radius 2 is 1.41 bits per heavy atom. The Bertz CT molecular complexity index is 178. The van der Waals surface area contributed by atoms with Gasteiger partial charge in [-0.05, 0) is 33.1 Å². The lowest BCUT2D eigenvalue weighted by Gasteiger charge is -2.35. The number of quaternary nitrogens is 1. The number of hydrogen-bond acceptors (Lipinski definition) is 2. The summed E-state index contributed by atoms with van der Waals surface area (Å²) in [6.07, 6.45) is 2.72. The third-order valence-electron chi connectivity index (χ3n) is 3.47. The minimum Gasteiger partial charge on any atom is -0.550 e. The van der Waals surface area contributed by atoms with E-state index in [1.54, 1.807) is 13.8 Å². The Morgan fingerprint density at radius 1 is 1.06 bits per heavy atom. The first-order valence-electron chi connectivity index (χ1n) is 6.94. The van der Waals surface area contributed by atoms with Crippen LogP contribution < -0.4 is 5.11 Å². The van der Waals surface area contributed by atoms with Gasteiger partial charge < -0.3 is 14.4 Å². The van der Waals surface area contributed by atoms with Gasteiger partial charge in [0.2, 0.25) is 0 Å². The predicted octanol–water partition coefficient (Wildman–Crippen LogP) is 2.06. The Labute approximate surface area is 107 Å². The largest absolute Gasteiger partial charge is 0.550 e. The van der Waals surface area contributed by atoms with Crippen LogP contribution >= 0.6 is 0 Å². The SMILES string of the molecule is CC(C)C(=O)[O-].CCCC[N+](CC)(CC)CC. The fraction of sp³-hybridized carbons (Fsp3) is 0.929. The van der Waals surface area contributed by atoms with Gasteiger partial charge in [-0.2, -0.15) is 0 Å². The Kier molecular flexibility index (Phi) is 11.7. The van der Waals surface area contributed by atoms with E-state index in [1.807, 2.05) is 0 Å². The number of unbranched alkanes of at least 4 members (excludes halogenated alkanes) is 1. The molecular weight excluding hydrogens is 214 g/mol. The molecule has 0 aromatic heterocycles. The number of nitrogens with zero attached hydrogens (tertiary/aromatic N) is 1. The molecule has 104 valence electrons. The second-order valence-electron chi connectivity index (χ2n) is 4.84. The fourth-order valence-electron chi connectivity index (χ4n) is 1.64. The zero-order chi connectivity index (χ0) is 13.9. The van der Waals surface area contributed by atoms with Crippen molar-refractivity contribution in [2.24, 2.45) is 5.92 Å². The average Bonchev–Trinajstić information content (AvgIpc) is 2.32. The van der Waals surface area contributed by atoms with Crippen LogP contribution in [0.4, 0.5) is 0 Å². The average molecular weight is 245 g/mol. The van der Waals surface area contributed by atoms with E-state index in [1.165, 1.54) is 43.5 Å². The number of aliphatic carboxylic acids is 1. The highest BCUT2D eigenvalue weighted by Gasteiger charge is 2.18. The molecule has 0 rings (SSSR count). The van der Waals surface area contributed by atoms with Crippen molar-refractivity contribution in [2.75, 3.05) is 26.2 Å². The third kappa shape index (κ3) is 9.16. The Morgan fingerprint density at radius 3 is 1.59 bits per heavy atom. The van der Waals surface area contributed by atoms with Gasteiger partial charge in [0.05, 0.1) is 26.2 Å². The van der Waals surface area contributed by atoms with Gasteiger partial charge in [-0.15, -0.1) is 0 Å². The van der Waals surface area contributed by atoms with Crippen LogP contribution in [0, 0.1) is 5.92 Å².